The van der Waals surface area contributed by atoms with E-state index in [9.17, 15) is 15.0 Å². The molecule has 7 nitrogen and oxygen atoms in total. The predicted octanol–water partition coefficient (Wildman–Crippen LogP) is 1.35. The van der Waals surface area contributed by atoms with E-state index >= 15 is 0 Å². The molecule has 2 atom stereocenters. The summed E-state index contributed by atoms with van der Waals surface area (Å²) < 4.78 is 0. The minimum atomic E-state index is -0.902. The fourth-order valence-electron chi connectivity index (χ4n) is 2.75. The second-order valence-corrected chi connectivity index (χ2v) is 5.99. The highest BCUT2D eigenvalue weighted by Gasteiger charge is 2.25. The molecule has 0 spiro atoms. The molecule has 0 amide bonds. The highest BCUT2D eigenvalue weighted by Crippen LogP contribution is 2.24. The highest BCUT2D eigenvalue weighted by molar-refractivity contribution is 5.77. The van der Waals surface area contributed by atoms with Crippen molar-refractivity contribution in [2.45, 2.75) is 45.2 Å². The number of carboxylic acid groups (broad SMARTS) is 1. The number of piperidine rings is 1. The molecule has 1 aliphatic rings. The van der Waals surface area contributed by atoms with Crippen LogP contribution in [0.15, 0.2) is 12.4 Å². The molecule has 1 aliphatic heterocycles. The Kier molecular flexibility index (Phi) is 5.54. The molecule has 22 heavy (non-hydrogen) atoms. The van der Waals surface area contributed by atoms with Crippen molar-refractivity contribution in [1.82, 2.24) is 9.97 Å². The van der Waals surface area contributed by atoms with Crippen LogP contribution in [-0.4, -0.2) is 51.4 Å². The summed E-state index contributed by atoms with van der Waals surface area (Å²) in [7, 11) is 0. The van der Waals surface area contributed by atoms with Crippen molar-refractivity contribution < 1.29 is 15.0 Å². The first-order chi connectivity index (χ1) is 10.5. The van der Waals surface area contributed by atoms with Crippen molar-refractivity contribution in [3.8, 4) is 0 Å². The monoisotopic (exact) mass is 308 g/mol. The Labute approximate surface area is 130 Å². The van der Waals surface area contributed by atoms with E-state index in [2.05, 4.69) is 20.2 Å². The second-order valence-electron chi connectivity index (χ2n) is 5.99. The maximum absolute atomic E-state index is 11.3. The third-order valence-electron chi connectivity index (χ3n) is 4.02. The molecule has 122 valence electrons. The number of aliphatic carboxylic acids is 1. The first-order valence-electron chi connectivity index (χ1n) is 7.71. The molecule has 1 aromatic heterocycles. The van der Waals surface area contributed by atoms with E-state index in [0.717, 1.165) is 31.6 Å². The van der Waals surface area contributed by atoms with Crippen molar-refractivity contribution >= 4 is 17.6 Å². The Balaban J connectivity index is 2.17. The highest BCUT2D eigenvalue weighted by atomic mass is 16.4. The lowest BCUT2D eigenvalue weighted by atomic mass is 10.0. The van der Waals surface area contributed by atoms with Crippen LogP contribution >= 0.6 is 0 Å². The van der Waals surface area contributed by atoms with Crippen LogP contribution in [0.25, 0.3) is 0 Å². The van der Waals surface area contributed by atoms with Crippen LogP contribution in [0.4, 0.5) is 11.6 Å². The molecule has 1 aromatic rings. The predicted molar refractivity (Wildman–Crippen MR) is 84.0 cm³/mol. The summed E-state index contributed by atoms with van der Waals surface area (Å²) in [5.74, 6) is 0.259. The molecule has 0 radical (unpaired) electrons. The van der Waals surface area contributed by atoms with Crippen LogP contribution in [0.1, 0.15) is 33.1 Å². The van der Waals surface area contributed by atoms with Crippen molar-refractivity contribution in [3.05, 3.63) is 12.4 Å². The minimum absolute atomic E-state index is 0.0592. The molecule has 7 heteroatoms. The fourth-order valence-corrected chi connectivity index (χ4v) is 2.75. The largest absolute Gasteiger partial charge is 0.480 e. The zero-order chi connectivity index (χ0) is 16.1. The summed E-state index contributed by atoms with van der Waals surface area (Å²) in [6.45, 7) is 4.63. The molecule has 1 saturated heterocycles. The Morgan fingerprint density at radius 1 is 1.45 bits per heavy atom. The number of rotatable bonds is 6. The van der Waals surface area contributed by atoms with Gasteiger partial charge in [0.1, 0.15) is 24.0 Å². The quantitative estimate of drug-likeness (QED) is 0.729. The number of carboxylic acids is 1. The number of hydrogen-bond acceptors (Lipinski definition) is 6. The molecule has 0 aromatic carbocycles. The van der Waals surface area contributed by atoms with Crippen LogP contribution in [0.3, 0.4) is 0 Å². The van der Waals surface area contributed by atoms with Gasteiger partial charge in [0, 0.05) is 12.6 Å². The lowest BCUT2D eigenvalue weighted by Gasteiger charge is -2.35. The van der Waals surface area contributed by atoms with Crippen LogP contribution in [0.5, 0.6) is 0 Å². The Morgan fingerprint density at radius 3 is 2.86 bits per heavy atom. The van der Waals surface area contributed by atoms with E-state index in [-0.39, 0.29) is 18.6 Å². The number of hydrogen-bond donors (Lipinski definition) is 3. The van der Waals surface area contributed by atoms with Crippen molar-refractivity contribution in [2.24, 2.45) is 5.92 Å². The first kappa shape index (κ1) is 16.5. The van der Waals surface area contributed by atoms with E-state index < -0.39 is 12.0 Å². The summed E-state index contributed by atoms with van der Waals surface area (Å²) in [5.41, 5.74) is 0. The lowest BCUT2D eigenvalue weighted by Crippen LogP contribution is -2.42. The van der Waals surface area contributed by atoms with E-state index in [1.165, 1.54) is 6.33 Å². The average Bonchev–Trinajstić information content (AvgIpc) is 2.52. The Hall–Kier alpha value is -1.89. The number of nitrogens with zero attached hydrogens (tertiary/aromatic N) is 3. The van der Waals surface area contributed by atoms with Gasteiger partial charge in [-0.3, -0.25) is 0 Å². The molecule has 0 saturated carbocycles. The summed E-state index contributed by atoms with van der Waals surface area (Å²) >= 11 is 0. The summed E-state index contributed by atoms with van der Waals surface area (Å²) in [6.07, 6.45) is 4.53. The van der Waals surface area contributed by atoms with Gasteiger partial charge in [0.15, 0.2) is 0 Å². The van der Waals surface area contributed by atoms with Crippen LogP contribution < -0.4 is 10.2 Å². The molecule has 0 bridgehead atoms. The summed E-state index contributed by atoms with van der Waals surface area (Å²) in [6, 6.07) is 1.13. The topological polar surface area (TPSA) is 98.6 Å². The Morgan fingerprint density at radius 2 is 2.23 bits per heavy atom. The summed E-state index contributed by atoms with van der Waals surface area (Å²) in [5, 5.41) is 21.7. The van der Waals surface area contributed by atoms with Gasteiger partial charge in [-0.2, -0.15) is 0 Å². The SMILES string of the molecule is CC(C)[C@H](Nc1cc(N2CCCCC2CO)ncn1)C(=O)O. The summed E-state index contributed by atoms with van der Waals surface area (Å²) in [4.78, 5) is 21.7. The number of nitrogens with one attached hydrogen (secondary N) is 1. The maximum atomic E-state index is 11.3. The van der Waals surface area contributed by atoms with E-state index in [4.69, 9.17) is 0 Å². The van der Waals surface area contributed by atoms with Gasteiger partial charge in [-0.1, -0.05) is 13.8 Å². The van der Waals surface area contributed by atoms with Gasteiger partial charge in [0.25, 0.3) is 0 Å². The number of carbonyl (C=O) groups is 1. The third kappa shape index (κ3) is 3.85. The molecule has 3 N–H and O–H groups in total. The molecule has 1 unspecified atom stereocenters. The number of aliphatic hydroxyl groups excluding tert-OH is 1. The van der Waals surface area contributed by atoms with Crippen LogP contribution in [0, 0.1) is 5.92 Å². The van der Waals surface area contributed by atoms with Gasteiger partial charge in [0.05, 0.1) is 12.6 Å². The molecule has 1 fully saturated rings. The molecule has 2 rings (SSSR count). The second kappa shape index (κ2) is 7.40. The van der Waals surface area contributed by atoms with Gasteiger partial charge in [-0.25, -0.2) is 14.8 Å². The number of anilines is 2. The van der Waals surface area contributed by atoms with Crippen LogP contribution in [-0.2, 0) is 4.79 Å². The van der Waals surface area contributed by atoms with Crippen LogP contribution in [0.2, 0.25) is 0 Å². The van der Waals surface area contributed by atoms with Crippen molar-refractivity contribution in [2.75, 3.05) is 23.4 Å². The zero-order valence-corrected chi connectivity index (χ0v) is 13.1. The normalized spacial score (nSPS) is 20.0. The zero-order valence-electron chi connectivity index (χ0n) is 13.1. The van der Waals surface area contributed by atoms with Crippen molar-refractivity contribution in [3.63, 3.8) is 0 Å². The lowest BCUT2D eigenvalue weighted by molar-refractivity contribution is -0.138. The van der Waals surface area contributed by atoms with Crippen molar-refractivity contribution in [1.29, 1.82) is 0 Å². The molecule has 0 aliphatic carbocycles. The number of aliphatic hydroxyl groups is 1. The smallest absolute Gasteiger partial charge is 0.326 e. The molecule has 2 heterocycles. The fraction of sp³-hybridized carbons (Fsp3) is 0.667. The standard InChI is InChI=1S/C15H24N4O3/c1-10(2)14(15(21)22)18-12-7-13(17-9-16-12)19-6-4-3-5-11(19)8-20/h7,9-11,14,20H,3-6,8H2,1-2H3,(H,21,22)(H,16,17,18)/t11?,14-/m0/s1. The van der Waals surface area contributed by atoms with Gasteiger partial charge in [-0.05, 0) is 25.2 Å². The van der Waals surface area contributed by atoms with E-state index in [1.54, 1.807) is 6.07 Å². The first-order valence-corrected chi connectivity index (χ1v) is 7.71. The average molecular weight is 308 g/mol. The van der Waals surface area contributed by atoms with Gasteiger partial charge < -0.3 is 20.4 Å². The Bertz CT molecular complexity index is 509. The maximum Gasteiger partial charge on any atom is 0.326 e. The van der Waals surface area contributed by atoms with E-state index in [0.29, 0.717) is 5.82 Å². The van der Waals surface area contributed by atoms with Gasteiger partial charge in [0.2, 0.25) is 0 Å². The molecular weight excluding hydrogens is 284 g/mol. The molecular formula is C15H24N4O3. The number of aromatic nitrogens is 2. The van der Waals surface area contributed by atoms with E-state index in [1.807, 2.05) is 13.8 Å². The van der Waals surface area contributed by atoms with Gasteiger partial charge in [-0.15, -0.1) is 0 Å². The van der Waals surface area contributed by atoms with Gasteiger partial charge >= 0.3 is 5.97 Å². The third-order valence-corrected chi connectivity index (χ3v) is 4.02. The minimum Gasteiger partial charge on any atom is -0.480 e.